The number of hydrogen-bond acceptors (Lipinski definition) is 2. The average Bonchev–Trinajstić information content (AvgIpc) is 2.11. The third-order valence-corrected chi connectivity index (χ3v) is 5.61. The Morgan fingerprint density at radius 2 is 2.00 bits per heavy atom. The molecule has 4 heteroatoms. The zero-order valence-electron chi connectivity index (χ0n) is 10.6. The van der Waals surface area contributed by atoms with Gasteiger partial charge in [0.05, 0.1) is 12.2 Å². The van der Waals surface area contributed by atoms with Crippen molar-refractivity contribution in [2.75, 3.05) is 0 Å². The van der Waals surface area contributed by atoms with Crippen LogP contribution in [0.3, 0.4) is 0 Å². The molecule has 0 aliphatic carbocycles. The molecule has 0 atom stereocenters. The van der Waals surface area contributed by atoms with Crippen LogP contribution < -0.4 is 0 Å². The Bertz CT molecular complexity index is 342. The fraction of sp³-hybridized carbons (Fsp3) is 0.583. The zero-order chi connectivity index (χ0) is 12.3. The molecular weight excluding hydrogens is 282 g/mol. The lowest BCUT2D eigenvalue weighted by atomic mass is 10.3. The van der Waals surface area contributed by atoms with Gasteiger partial charge in [0.2, 0.25) is 0 Å². The van der Waals surface area contributed by atoms with E-state index in [1.165, 1.54) is 0 Å². The highest BCUT2D eigenvalue weighted by atomic mass is 79.9. The maximum Gasteiger partial charge on any atom is 0.476 e. The Balaban J connectivity index is 2.61. The van der Waals surface area contributed by atoms with Crippen LogP contribution in [0.2, 0.25) is 11.6 Å². The summed E-state index contributed by atoms with van der Waals surface area (Å²) in [6.07, 6.45) is 0. The van der Waals surface area contributed by atoms with Gasteiger partial charge in [0.25, 0.3) is 0 Å². The number of aromatic nitrogens is 1. The van der Waals surface area contributed by atoms with Crippen LogP contribution in [0.5, 0.6) is 0 Å². The molecule has 0 fully saturated rings. The minimum Gasteiger partial charge on any atom is -0.255 e. The van der Waals surface area contributed by atoms with Crippen LogP contribution in [-0.4, -0.2) is 14.0 Å². The molecule has 88 valence electrons. The molecule has 0 saturated carbocycles. The lowest BCUT2D eigenvalue weighted by Crippen LogP contribution is -2.25. The van der Waals surface area contributed by atoms with Crippen molar-refractivity contribution in [3.63, 3.8) is 0 Å². The number of pyridine rings is 1. The second kappa shape index (κ2) is 5.43. The lowest BCUT2D eigenvalue weighted by molar-refractivity contribution is 0.289. The summed E-state index contributed by atoms with van der Waals surface area (Å²) in [5.41, 5.74) is 2.02. The highest BCUT2D eigenvalue weighted by Crippen LogP contribution is 2.27. The summed E-state index contributed by atoms with van der Waals surface area (Å²) in [5.74, 6) is 0. The molecule has 0 radical (unpaired) electrons. The predicted octanol–water partition coefficient (Wildman–Crippen LogP) is 4.09. The first-order valence-corrected chi connectivity index (χ1v) is 8.09. The molecule has 0 bridgehead atoms. The van der Waals surface area contributed by atoms with Gasteiger partial charge in [0, 0.05) is 10.2 Å². The molecule has 1 aromatic heterocycles. The van der Waals surface area contributed by atoms with E-state index in [0.29, 0.717) is 6.61 Å². The first-order valence-electron chi connectivity index (χ1n) is 5.39. The van der Waals surface area contributed by atoms with Crippen LogP contribution in [0.1, 0.15) is 32.2 Å². The molecular formula is C12H19BrNOSi+. The first kappa shape index (κ1) is 13.9. The molecule has 1 rings (SSSR count). The summed E-state index contributed by atoms with van der Waals surface area (Å²) >= 11 is 3.47. The average molecular weight is 301 g/mol. The van der Waals surface area contributed by atoms with Gasteiger partial charge in [-0.3, -0.25) is 4.98 Å². The van der Waals surface area contributed by atoms with Crippen molar-refractivity contribution in [2.24, 2.45) is 0 Å². The highest BCUT2D eigenvalue weighted by Gasteiger charge is 2.39. The van der Waals surface area contributed by atoms with Gasteiger partial charge in [-0.1, -0.05) is 15.9 Å². The molecule has 0 unspecified atom stereocenters. The topological polar surface area (TPSA) is 22.1 Å². The van der Waals surface area contributed by atoms with Crippen molar-refractivity contribution in [1.29, 1.82) is 0 Å². The van der Waals surface area contributed by atoms with Gasteiger partial charge in [-0.05, 0) is 39.8 Å². The molecule has 1 heterocycles. The van der Waals surface area contributed by atoms with Crippen molar-refractivity contribution in [3.05, 3.63) is 28.0 Å². The van der Waals surface area contributed by atoms with Gasteiger partial charge < -0.3 is 0 Å². The van der Waals surface area contributed by atoms with Gasteiger partial charge >= 0.3 is 9.04 Å². The Morgan fingerprint density at radius 3 is 2.50 bits per heavy atom. The van der Waals surface area contributed by atoms with E-state index in [-0.39, 0.29) is 5.04 Å². The first-order chi connectivity index (χ1) is 7.29. The van der Waals surface area contributed by atoms with Crippen LogP contribution in [0.4, 0.5) is 0 Å². The fourth-order valence-corrected chi connectivity index (χ4v) is 2.56. The number of aryl methyl sites for hydroxylation is 1. The Labute approximate surface area is 108 Å². The third kappa shape index (κ3) is 4.35. The number of nitrogens with zero attached hydrogens (tertiary/aromatic N) is 1. The number of halogens is 1. The van der Waals surface area contributed by atoms with Crippen molar-refractivity contribution in [1.82, 2.24) is 4.98 Å². The quantitative estimate of drug-likeness (QED) is 0.784. The van der Waals surface area contributed by atoms with E-state index < -0.39 is 9.04 Å². The van der Waals surface area contributed by atoms with E-state index in [1.54, 1.807) is 0 Å². The monoisotopic (exact) mass is 300 g/mol. The van der Waals surface area contributed by atoms with Crippen LogP contribution in [0, 0.1) is 6.92 Å². The van der Waals surface area contributed by atoms with Crippen LogP contribution in [0.15, 0.2) is 16.6 Å². The summed E-state index contributed by atoms with van der Waals surface area (Å²) in [6, 6.07) is 4.02. The molecule has 0 aliphatic rings. The molecule has 16 heavy (non-hydrogen) atoms. The maximum atomic E-state index is 5.92. The van der Waals surface area contributed by atoms with Gasteiger partial charge in [0.15, 0.2) is 0 Å². The number of hydrogen-bond donors (Lipinski definition) is 0. The Kier molecular flexibility index (Phi) is 4.70. The van der Waals surface area contributed by atoms with Crippen molar-refractivity contribution in [3.8, 4) is 0 Å². The normalized spacial score (nSPS) is 11.6. The molecule has 0 amide bonds. The second-order valence-electron chi connectivity index (χ2n) is 5.01. The predicted molar refractivity (Wildman–Crippen MR) is 72.8 cm³/mol. The van der Waals surface area contributed by atoms with Gasteiger partial charge in [-0.2, -0.15) is 0 Å². The smallest absolute Gasteiger partial charge is 0.255 e. The van der Waals surface area contributed by atoms with Crippen LogP contribution >= 0.6 is 15.9 Å². The van der Waals surface area contributed by atoms with E-state index in [0.717, 1.165) is 15.9 Å². The summed E-state index contributed by atoms with van der Waals surface area (Å²) in [4.78, 5) is 4.45. The standard InChI is InChI=1S/C12H19BrNOSi/c1-9-6-10(13)7-11(14-9)8-15-16(5)12(2,3)4/h6-7H,8H2,1-5H3/q+1. The van der Waals surface area contributed by atoms with Gasteiger partial charge in [0.1, 0.15) is 11.6 Å². The van der Waals surface area contributed by atoms with E-state index in [4.69, 9.17) is 4.43 Å². The zero-order valence-corrected chi connectivity index (χ0v) is 13.2. The van der Waals surface area contributed by atoms with E-state index in [9.17, 15) is 0 Å². The van der Waals surface area contributed by atoms with Crippen LogP contribution in [-0.2, 0) is 11.0 Å². The van der Waals surface area contributed by atoms with Gasteiger partial charge in [-0.25, -0.2) is 4.43 Å². The van der Waals surface area contributed by atoms with E-state index in [2.05, 4.69) is 48.2 Å². The molecule has 1 aromatic rings. The van der Waals surface area contributed by atoms with Crippen molar-refractivity contribution < 1.29 is 4.43 Å². The fourth-order valence-electron chi connectivity index (χ4n) is 1.16. The third-order valence-electron chi connectivity index (χ3n) is 2.46. The Hall–Kier alpha value is -0.193. The number of rotatable bonds is 3. The Morgan fingerprint density at radius 1 is 1.38 bits per heavy atom. The molecule has 2 nitrogen and oxygen atoms in total. The molecule has 0 saturated heterocycles. The van der Waals surface area contributed by atoms with E-state index in [1.807, 2.05) is 19.1 Å². The summed E-state index contributed by atoms with van der Waals surface area (Å²) in [7, 11) is -0.783. The molecule has 0 N–H and O–H groups in total. The molecule has 0 aliphatic heterocycles. The summed E-state index contributed by atoms with van der Waals surface area (Å²) < 4.78 is 6.99. The SMILES string of the molecule is Cc1cc(Br)cc(CO[Si+](C)C(C)(C)C)n1. The lowest BCUT2D eigenvalue weighted by Gasteiger charge is -2.11. The summed E-state index contributed by atoms with van der Waals surface area (Å²) in [5, 5.41) is 0.270. The van der Waals surface area contributed by atoms with Gasteiger partial charge in [-0.15, -0.1) is 0 Å². The minimum atomic E-state index is -0.783. The van der Waals surface area contributed by atoms with Crippen LogP contribution in [0.25, 0.3) is 0 Å². The largest absolute Gasteiger partial charge is 0.476 e. The maximum absolute atomic E-state index is 5.92. The second-order valence-corrected chi connectivity index (χ2v) is 8.83. The summed E-state index contributed by atoms with van der Waals surface area (Å²) in [6.45, 7) is 11.5. The van der Waals surface area contributed by atoms with Crippen molar-refractivity contribution >= 4 is 25.0 Å². The minimum absolute atomic E-state index is 0.270. The van der Waals surface area contributed by atoms with Crippen molar-refractivity contribution in [2.45, 2.75) is 45.9 Å². The molecule has 0 spiro atoms. The highest BCUT2D eigenvalue weighted by molar-refractivity contribution is 9.10. The molecule has 0 aromatic carbocycles. The van der Waals surface area contributed by atoms with E-state index >= 15 is 0 Å².